The maximum atomic E-state index is 12.6. The topological polar surface area (TPSA) is 70.0 Å². The van der Waals surface area contributed by atoms with Crippen LogP contribution in [-0.2, 0) is 9.59 Å². The average Bonchev–Trinajstić information content (AvgIpc) is 3.09. The summed E-state index contributed by atoms with van der Waals surface area (Å²) in [5.41, 5.74) is 0.754. The summed E-state index contributed by atoms with van der Waals surface area (Å²) in [4.78, 5) is 29.9. The molecule has 1 saturated heterocycles. The molecule has 1 atom stereocenters. The van der Waals surface area contributed by atoms with Crippen LogP contribution in [0.25, 0.3) is 0 Å². The normalized spacial score (nSPS) is 24.4. The molecule has 22 heavy (non-hydrogen) atoms. The van der Waals surface area contributed by atoms with Crippen LogP contribution in [0.5, 0.6) is 0 Å². The molecule has 1 aliphatic carbocycles. The average molecular weight is 318 g/mol. The van der Waals surface area contributed by atoms with Crippen molar-refractivity contribution >= 4 is 34.5 Å². The van der Waals surface area contributed by atoms with Gasteiger partial charge in [0.05, 0.1) is 18.2 Å². The predicted molar refractivity (Wildman–Crippen MR) is 87.3 cm³/mol. The quantitative estimate of drug-likeness (QED) is 0.926. The first kappa shape index (κ1) is 15.1. The number of aliphatic imine (C=N–C) groups is 1. The summed E-state index contributed by atoms with van der Waals surface area (Å²) in [6, 6.07) is 9.58. The molecule has 0 radical (unpaired) electrons. The fourth-order valence-corrected chi connectivity index (χ4v) is 4.05. The molecule has 5 nitrogen and oxygen atoms in total. The monoisotopic (exact) mass is 318 g/mol. The minimum Gasteiger partial charge on any atom is -0.481 e. The lowest BCUT2D eigenvalue weighted by Gasteiger charge is -2.17. The molecule has 2 aliphatic rings. The van der Waals surface area contributed by atoms with Crippen LogP contribution < -0.4 is 4.90 Å². The van der Waals surface area contributed by atoms with Gasteiger partial charge in [-0.05, 0) is 25.0 Å². The van der Waals surface area contributed by atoms with E-state index in [2.05, 4.69) is 0 Å². The second-order valence-electron chi connectivity index (χ2n) is 5.56. The van der Waals surface area contributed by atoms with Gasteiger partial charge < -0.3 is 5.11 Å². The number of thioether (sulfide) groups is 1. The number of carbonyl (C=O) groups excluding carboxylic acids is 1. The van der Waals surface area contributed by atoms with E-state index in [0.29, 0.717) is 5.17 Å². The van der Waals surface area contributed by atoms with E-state index in [1.165, 1.54) is 24.6 Å². The molecule has 1 amide bonds. The third kappa shape index (κ3) is 3.16. The molecular weight excluding hydrogens is 300 g/mol. The number of nitrogens with zero attached hydrogens (tertiary/aromatic N) is 2. The summed E-state index contributed by atoms with van der Waals surface area (Å²) in [7, 11) is 0. The Hall–Kier alpha value is -1.82. The van der Waals surface area contributed by atoms with Crippen LogP contribution in [0, 0.1) is 0 Å². The number of carbonyl (C=O) groups is 2. The third-order valence-electron chi connectivity index (χ3n) is 3.93. The second kappa shape index (κ2) is 6.52. The smallest absolute Gasteiger partial charge is 0.305 e. The predicted octanol–water partition coefficient (Wildman–Crippen LogP) is 2.91. The van der Waals surface area contributed by atoms with Gasteiger partial charge in [-0.1, -0.05) is 42.8 Å². The maximum Gasteiger partial charge on any atom is 0.305 e. The molecule has 116 valence electrons. The Kier molecular flexibility index (Phi) is 4.47. The Labute approximate surface area is 133 Å². The van der Waals surface area contributed by atoms with E-state index in [9.17, 15) is 9.59 Å². The van der Waals surface area contributed by atoms with Crippen LogP contribution in [-0.4, -0.2) is 33.4 Å². The summed E-state index contributed by atoms with van der Waals surface area (Å²) in [5.74, 6) is -1.14. The van der Waals surface area contributed by atoms with E-state index in [0.717, 1.165) is 18.5 Å². The number of hydrogen-bond acceptors (Lipinski definition) is 4. The van der Waals surface area contributed by atoms with Gasteiger partial charge in [0.1, 0.15) is 5.25 Å². The van der Waals surface area contributed by atoms with Crippen molar-refractivity contribution < 1.29 is 14.7 Å². The first-order valence-corrected chi connectivity index (χ1v) is 8.38. The molecule has 1 aromatic rings. The Morgan fingerprint density at radius 2 is 1.95 bits per heavy atom. The molecule has 6 heteroatoms. The van der Waals surface area contributed by atoms with Gasteiger partial charge >= 0.3 is 5.97 Å². The molecule has 2 fully saturated rings. The van der Waals surface area contributed by atoms with Gasteiger partial charge in [-0.3, -0.25) is 19.5 Å². The maximum absolute atomic E-state index is 12.6. The molecule has 0 spiro atoms. The van der Waals surface area contributed by atoms with Gasteiger partial charge in [-0.2, -0.15) is 0 Å². The number of para-hydroxylation sites is 1. The summed E-state index contributed by atoms with van der Waals surface area (Å²) in [6.45, 7) is 0. The van der Waals surface area contributed by atoms with Crippen molar-refractivity contribution in [2.45, 2.75) is 43.4 Å². The summed E-state index contributed by atoms with van der Waals surface area (Å²) < 4.78 is 0. The molecule has 1 saturated carbocycles. The Bertz CT molecular complexity index is 597. The Morgan fingerprint density at radius 3 is 2.59 bits per heavy atom. The van der Waals surface area contributed by atoms with Crippen molar-refractivity contribution in [3.63, 3.8) is 0 Å². The second-order valence-corrected chi connectivity index (χ2v) is 6.73. The van der Waals surface area contributed by atoms with Crippen molar-refractivity contribution in [2.75, 3.05) is 4.90 Å². The van der Waals surface area contributed by atoms with Crippen molar-refractivity contribution in [3.05, 3.63) is 30.3 Å². The molecule has 1 heterocycles. The fraction of sp³-hybridized carbons (Fsp3) is 0.438. The van der Waals surface area contributed by atoms with E-state index >= 15 is 0 Å². The molecule has 3 rings (SSSR count). The van der Waals surface area contributed by atoms with Gasteiger partial charge in [0.25, 0.3) is 0 Å². The number of rotatable bonds is 4. The van der Waals surface area contributed by atoms with Gasteiger partial charge in [0, 0.05) is 0 Å². The highest BCUT2D eigenvalue weighted by molar-refractivity contribution is 8.16. The number of amides is 1. The number of benzene rings is 1. The lowest BCUT2D eigenvalue weighted by Crippen LogP contribution is -2.33. The number of anilines is 1. The molecule has 1 aromatic carbocycles. The van der Waals surface area contributed by atoms with Gasteiger partial charge in [0.15, 0.2) is 5.17 Å². The van der Waals surface area contributed by atoms with Crippen molar-refractivity contribution in [2.24, 2.45) is 4.99 Å². The van der Waals surface area contributed by atoms with Crippen LogP contribution in [0.1, 0.15) is 32.1 Å². The van der Waals surface area contributed by atoms with E-state index in [1.807, 2.05) is 30.3 Å². The summed E-state index contributed by atoms with van der Waals surface area (Å²) >= 11 is 1.28. The first-order valence-electron chi connectivity index (χ1n) is 7.50. The molecule has 0 aromatic heterocycles. The fourth-order valence-electron chi connectivity index (χ4n) is 2.85. The third-order valence-corrected chi connectivity index (χ3v) is 5.08. The minimum atomic E-state index is -0.957. The number of hydrogen-bond donors (Lipinski definition) is 1. The Morgan fingerprint density at radius 1 is 1.27 bits per heavy atom. The largest absolute Gasteiger partial charge is 0.481 e. The zero-order valence-electron chi connectivity index (χ0n) is 12.1. The summed E-state index contributed by atoms with van der Waals surface area (Å²) in [5, 5.41) is 9.06. The van der Waals surface area contributed by atoms with Gasteiger partial charge in [-0.15, -0.1) is 0 Å². The standard InChI is InChI=1S/C16H18N2O3S/c19-14(20)10-13-15(21)18(12-8-2-1-3-9-12)16(22-13)17-11-6-4-5-7-11/h1-3,8-9,11,13H,4-7,10H2,(H,19,20). The molecule has 0 bridgehead atoms. The SMILES string of the molecule is O=C(O)CC1SC(=NC2CCCC2)N(c2ccccc2)C1=O. The number of aliphatic carboxylic acids is 1. The van der Waals surface area contributed by atoms with Crippen molar-refractivity contribution in [1.82, 2.24) is 0 Å². The molecular formula is C16H18N2O3S. The van der Waals surface area contributed by atoms with Crippen LogP contribution >= 0.6 is 11.8 Å². The van der Waals surface area contributed by atoms with Crippen molar-refractivity contribution in [1.29, 1.82) is 0 Å². The highest BCUT2D eigenvalue weighted by atomic mass is 32.2. The van der Waals surface area contributed by atoms with Gasteiger partial charge in [-0.25, -0.2) is 0 Å². The minimum absolute atomic E-state index is 0.170. The van der Waals surface area contributed by atoms with Crippen LogP contribution in [0.2, 0.25) is 0 Å². The van der Waals surface area contributed by atoms with E-state index < -0.39 is 11.2 Å². The van der Waals surface area contributed by atoms with Crippen LogP contribution in [0.3, 0.4) is 0 Å². The molecule has 1 N–H and O–H groups in total. The van der Waals surface area contributed by atoms with Crippen LogP contribution in [0.4, 0.5) is 5.69 Å². The lowest BCUT2D eigenvalue weighted by atomic mass is 10.2. The first-order chi connectivity index (χ1) is 10.6. The van der Waals surface area contributed by atoms with Crippen LogP contribution in [0.15, 0.2) is 35.3 Å². The van der Waals surface area contributed by atoms with E-state index in [1.54, 1.807) is 4.90 Å². The lowest BCUT2D eigenvalue weighted by molar-refractivity contribution is -0.138. The molecule has 1 unspecified atom stereocenters. The zero-order valence-corrected chi connectivity index (χ0v) is 13.0. The van der Waals surface area contributed by atoms with E-state index in [-0.39, 0.29) is 18.4 Å². The number of carboxylic acid groups (broad SMARTS) is 1. The van der Waals surface area contributed by atoms with Gasteiger partial charge in [0.2, 0.25) is 5.91 Å². The Balaban J connectivity index is 1.90. The van der Waals surface area contributed by atoms with E-state index in [4.69, 9.17) is 10.1 Å². The molecule has 1 aliphatic heterocycles. The van der Waals surface area contributed by atoms with Crippen molar-refractivity contribution in [3.8, 4) is 0 Å². The highest BCUT2D eigenvalue weighted by Gasteiger charge is 2.40. The highest BCUT2D eigenvalue weighted by Crippen LogP contribution is 2.35. The summed E-state index contributed by atoms with van der Waals surface area (Å²) in [6.07, 6.45) is 4.26. The number of amidine groups is 1. The number of carboxylic acids is 1. The zero-order chi connectivity index (χ0) is 15.5.